The summed E-state index contributed by atoms with van der Waals surface area (Å²) in [6, 6.07) is 16.5. The van der Waals surface area contributed by atoms with Crippen LogP contribution >= 0.6 is 34.8 Å². The molecule has 7 nitrogen and oxygen atoms in total. The highest BCUT2D eigenvalue weighted by molar-refractivity contribution is 7.92. The Balaban J connectivity index is 2.08. The van der Waals surface area contributed by atoms with Crippen LogP contribution in [0.2, 0.25) is 15.1 Å². The molecule has 0 bridgehead atoms. The molecule has 0 radical (unpaired) electrons. The van der Waals surface area contributed by atoms with E-state index < -0.39 is 34.4 Å². The van der Waals surface area contributed by atoms with E-state index in [1.807, 2.05) is 6.92 Å². The molecular formula is C26H26Cl3N3O4S. The van der Waals surface area contributed by atoms with Crippen molar-refractivity contribution < 1.29 is 18.0 Å². The maximum absolute atomic E-state index is 13.8. The summed E-state index contributed by atoms with van der Waals surface area (Å²) in [4.78, 5) is 27.5. The lowest BCUT2D eigenvalue weighted by Gasteiger charge is -2.32. The van der Waals surface area contributed by atoms with E-state index in [9.17, 15) is 18.0 Å². The van der Waals surface area contributed by atoms with Crippen molar-refractivity contribution in [3.05, 3.63) is 92.9 Å². The second-order valence-corrected chi connectivity index (χ2v) is 11.5. The molecule has 37 heavy (non-hydrogen) atoms. The monoisotopic (exact) mass is 581 g/mol. The minimum absolute atomic E-state index is 0.0121. The van der Waals surface area contributed by atoms with Crippen LogP contribution in [0, 0.1) is 6.92 Å². The number of hydrogen-bond donors (Lipinski definition) is 1. The molecule has 3 aromatic carbocycles. The Hall–Kier alpha value is -2.78. The highest BCUT2D eigenvalue weighted by Gasteiger charge is 2.32. The van der Waals surface area contributed by atoms with Crippen molar-refractivity contribution in [2.75, 3.05) is 17.9 Å². The Morgan fingerprint density at radius 3 is 2.11 bits per heavy atom. The molecule has 196 valence electrons. The van der Waals surface area contributed by atoms with Gasteiger partial charge in [-0.3, -0.25) is 13.9 Å². The third-order valence-electron chi connectivity index (χ3n) is 5.74. The average Bonchev–Trinajstić information content (AvgIpc) is 2.85. The van der Waals surface area contributed by atoms with Gasteiger partial charge in [0.25, 0.3) is 10.0 Å². The molecule has 1 atom stereocenters. The van der Waals surface area contributed by atoms with Gasteiger partial charge in [-0.2, -0.15) is 0 Å². The Bertz CT molecular complexity index is 1380. The molecule has 0 spiro atoms. The fraction of sp³-hybridized carbons (Fsp3) is 0.231. The van der Waals surface area contributed by atoms with Gasteiger partial charge in [0.1, 0.15) is 12.6 Å². The van der Waals surface area contributed by atoms with Crippen LogP contribution in [0.4, 0.5) is 5.69 Å². The van der Waals surface area contributed by atoms with E-state index in [0.29, 0.717) is 10.6 Å². The fourth-order valence-electron chi connectivity index (χ4n) is 3.65. The smallest absolute Gasteiger partial charge is 0.264 e. The standard InChI is InChI=1S/C26H26Cl3N3O4S/c1-17-8-10-23(11-9-17)37(35,36)32(22-13-20(27)12-21(28)14-22)16-25(33)31(18(2)26(34)30-3)15-19-6-4-5-7-24(19)29/h4-14,18H,15-16H2,1-3H3,(H,30,34). The van der Waals surface area contributed by atoms with Gasteiger partial charge in [0, 0.05) is 28.7 Å². The lowest BCUT2D eigenvalue weighted by Crippen LogP contribution is -2.50. The number of carbonyl (C=O) groups is 2. The Morgan fingerprint density at radius 2 is 1.54 bits per heavy atom. The van der Waals surface area contributed by atoms with Crippen molar-refractivity contribution in [2.45, 2.75) is 31.3 Å². The van der Waals surface area contributed by atoms with Gasteiger partial charge in [-0.25, -0.2) is 8.42 Å². The van der Waals surface area contributed by atoms with Crippen LogP contribution in [0.3, 0.4) is 0 Å². The van der Waals surface area contributed by atoms with Crippen LogP contribution in [-0.2, 0) is 26.2 Å². The first-order chi connectivity index (χ1) is 17.4. The third-order valence-corrected chi connectivity index (χ3v) is 8.33. The van der Waals surface area contributed by atoms with Crippen LogP contribution < -0.4 is 9.62 Å². The molecule has 0 saturated heterocycles. The van der Waals surface area contributed by atoms with Crippen molar-refractivity contribution in [1.82, 2.24) is 10.2 Å². The molecule has 1 unspecified atom stereocenters. The fourth-order valence-corrected chi connectivity index (χ4v) is 5.76. The molecule has 1 N–H and O–H groups in total. The van der Waals surface area contributed by atoms with Crippen molar-refractivity contribution in [1.29, 1.82) is 0 Å². The van der Waals surface area contributed by atoms with Gasteiger partial charge in [-0.05, 0) is 55.8 Å². The van der Waals surface area contributed by atoms with Crippen molar-refractivity contribution in [2.24, 2.45) is 0 Å². The summed E-state index contributed by atoms with van der Waals surface area (Å²) in [6.45, 7) is 2.77. The largest absolute Gasteiger partial charge is 0.357 e. The minimum atomic E-state index is -4.22. The van der Waals surface area contributed by atoms with E-state index in [1.165, 1.54) is 42.3 Å². The van der Waals surface area contributed by atoms with Gasteiger partial charge < -0.3 is 10.2 Å². The molecule has 0 aliphatic heterocycles. The predicted molar refractivity (Wildman–Crippen MR) is 148 cm³/mol. The van der Waals surface area contributed by atoms with E-state index in [2.05, 4.69) is 5.32 Å². The normalized spacial score (nSPS) is 12.1. The zero-order chi connectivity index (χ0) is 27.3. The van der Waals surface area contributed by atoms with Gasteiger partial charge in [0.2, 0.25) is 11.8 Å². The number of amides is 2. The van der Waals surface area contributed by atoms with Gasteiger partial charge in [0.05, 0.1) is 10.6 Å². The SMILES string of the molecule is CNC(=O)C(C)N(Cc1ccccc1Cl)C(=O)CN(c1cc(Cl)cc(Cl)c1)S(=O)(=O)c1ccc(C)cc1. The van der Waals surface area contributed by atoms with E-state index in [-0.39, 0.29) is 27.2 Å². The molecule has 0 heterocycles. The highest BCUT2D eigenvalue weighted by Crippen LogP contribution is 2.30. The molecule has 0 saturated carbocycles. The first-order valence-corrected chi connectivity index (χ1v) is 13.8. The van der Waals surface area contributed by atoms with Crippen molar-refractivity contribution in [3.63, 3.8) is 0 Å². The quantitative estimate of drug-likeness (QED) is 0.370. The van der Waals surface area contributed by atoms with Crippen molar-refractivity contribution >= 4 is 62.3 Å². The highest BCUT2D eigenvalue weighted by atomic mass is 35.5. The second kappa shape index (κ2) is 12.2. The number of hydrogen-bond acceptors (Lipinski definition) is 4. The molecule has 2 amide bonds. The van der Waals surface area contributed by atoms with E-state index in [0.717, 1.165) is 9.87 Å². The maximum atomic E-state index is 13.8. The molecule has 0 aliphatic rings. The zero-order valence-electron chi connectivity index (χ0n) is 20.4. The lowest BCUT2D eigenvalue weighted by atomic mass is 10.1. The molecule has 0 fully saturated rings. The first kappa shape index (κ1) is 28.8. The van der Waals surface area contributed by atoms with Crippen LogP contribution in [0.1, 0.15) is 18.1 Å². The number of nitrogens with zero attached hydrogens (tertiary/aromatic N) is 2. The second-order valence-electron chi connectivity index (χ2n) is 8.36. The Kier molecular flexibility index (Phi) is 9.47. The zero-order valence-corrected chi connectivity index (χ0v) is 23.5. The molecular weight excluding hydrogens is 557 g/mol. The van der Waals surface area contributed by atoms with E-state index >= 15 is 0 Å². The molecule has 0 aromatic heterocycles. The number of anilines is 1. The summed E-state index contributed by atoms with van der Waals surface area (Å²) in [5, 5.41) is 3.34. The number of nitrogens with one attached hydrogen (secondary N) is 1. The lowest BCUT2D eigenvalue weighted by molar-refractivity contribution is -0.139. The summed E-state index contributed by atoms with van der Waals surface area (Å²) >= 11 is 18.7. The minimum Gasteiger partial charge on any atom is -0.357 e. The molecule has 0 aliphatic carbocycles. The van der Waals surface area contributed by atoms with Crippen LogP contribution in [-0.4, -0.2) is 44.8 Å². The summed E-state index contributed by atoms with van der Waals surface area (Å²) < 4.78 is 28.5. The van der Waals surface area contributed by atoms with Crippen LogP contribution in [0.15, 0.2) is 71.6 Å². The van der Waals surface area contributed by atoms with Gasteiger partial charge >= 0.3 is 0 Å². The number of sulfonamides is 1. The summed E-state index contributed by atoms with van der Waals surface area (Å²) in [7, 11) is -2.77. The third kappa shape index (κ3) is 6.96. The molecule has 3 aromatic rings. The summed E-state index contributed by atoms with van der Waals surface area (Å²) in [5.74, 6) is -1.04. The van der Waals surface area contributed by atoms with Crippen molar-refractivity contribution in [3.8, 4) is 0 Å². The first-order valence-electron chi connectivity index (χ1n) is 11.2. The predicted octanol–water partition coefficient (Wildman–Crippen LogP) is 5.31. The average molecular weight is 583 g/mol. The Morgan fingerprint density at radius 1 is 0.946 bits per heavy atom. The number of aryl methyl sites for hydroxylation is 1. The topological polar surface area (TPSA) is 86.8 Å². The van der Waals surface area contributed by atoms with E-state index in [4.69, 9.17) is 34.8 Å². The Labute approximate surface area is 232 Å². The number of carbonyl (C=O) groups excluding carboxylic acids is 2. The van der Waals surface area contributed by atoms with Gasteiger partial charge in [-0.1, -0.05) is 70.7 Å². The van der Waals surface area contributed by atoms with Gasteiger partial charge in [-0.15, -0.1) is 0 Å². The number of rotatable bonds is 9. The summed E-state index contributed by atoms with van der Waals surface area (Å²) in [5.41, 5.74) is 1.58. The summed E-state index contributed by atoms with van der Waals surface area (Å²) in [6.07, 6.45) is 0. The van der Waals surface area contributed by atoms with Gasteiger partial charge in [0.15, 0.2) is 0 Å². The number of likely N-dealkylation sites (N-methyl/N-ethyl adjacent to an activating group) is 1. The van der Waals surface area contributed by atoms with E-state index in [1.54, 1.807) is 43.3 Å². The molecule has 3 rings (SSSR count). The molecule has 11 heteroatoms. The number of benzene rings is 3. The number of halogens is 3. The van der Waals surface area contributed by atoms with Crippen LogP contribution in [0.25, 0.3) is 0 Å². The maximum Gasteiger partial charge on any atom is 0.264 e. The van der Waals surface area contributed by atoms with Crippen LogP contribution in [0.5, 0.6) is 0 Å².